The molecule has 1 aromatic rings. The molecule has 0 amide bonds. The molecular formula is C14H20N2O2. The predicted molar refractivity (Wildman–Crippen MR) is 70.0 cm³/mol. The van der Waals surface area contributed by atoms with Crippen LogP contribution in [0.3, 0.4) is 0 Å². The van der Waals surface area contributed by atoms with Gasteiger partial charge in [0.15, 0.2) is 0 Å². The molecule has 0 radical (unpaired) electrons. The number of carboxylic acid groups (broad SMARTS) is 1. The van der Waals surface area contributed by atoms with Crippen LogP contribution in [0.2, 0.25) is 0 Å². The first-order valence-electron chi connectivity index (χ1n) is 6.43. The topological polar surface area (TPSA) is 61.4 Å². The number of aliphatic carboxylic acids is 1. The maximum absolute atomic E-state index is 10.9. The molecule has 0 saturated carbocycles. The summed E-state index contributed by atoms with van der Waals surface area (Å²) in [5.41, 5.74) is 8.79. The average Bonchev–Trinajstić information content (AvgIpc) is 2.71. The van der Waals surface area contributed by atoms with E-state index in [1.54, 1.807) is 0 Å². The van der Waals surface area contributed by atoms with E-state index >= 15 is 0 Å². The van der Waals surface area contributed by atoms with Gasteiger partial charge in [-0.05, 0) is 24.5 Å². The van der Waals surface area contributed by atoms with Crippen molar-refractivity contribution in [1.29, 1.82) is 0 Å². The molecule has 0 aromatic heterocycles. The summed E-state index contributed by atoms with van der Waals surface area (Å²) in [6.45, 7) is 4.14. The van der Waals surface area contributed by atoms with Gasteiger partial charge in [-0.1, -0.05) is 31.2 Å². The van der Waals surface area contributed by atoms with Crippen LogP contribution in [0.4, 0.5) is 0 Å². The highest BCUT2D eigenvalue weighted by Crippen LogP contribution is 2.31. The number of benzene rings is 1. The molecule has 1 aliphatic rings. The summed E-state index contributed by atoms with van der Waals surface area (Å²) in [5, 5.41) is 8.98. The summed E-state index contributed by atoms with van der Waals surface area (Å²) in [6.07, 6.45) is 1.20. The molecule has 3 atom stereocenters. The number of carbonyl (C=O) groups is 1. The number of rotatable bonds is 4. The van der Waals surface area contributed by atoms with Gasteiger partial charge in [0.1, 0.15) is 0 Å². The Kier molecular flexibility index (Phi) is 3.99. The smallest absolute Gasteiger partial charge is 0.303 e. The van der Waals surface area contributed by atoms with E-state index in [2.05, 4.69) is 42.0 Å². The normalized spacial score (nSPS) is 27.3. The fourth-order valence-electron chi connectivity index (χ4n) is 2.51. The minimum Gasteiger partial charge on any atom is -0.481 e. The van der Waals surface area contributed by atoms with Crippen molar-refractivity contribution in [3.63, 3.8) is 0 Å². The van der Waals surface area contributed by atoms with E-state index in [1.165, 1.54) is 5.56 Å². The van der Waals surface area contributed by atoms with Crippen LogP contribution in [0.5, 0.6) is 0 Å². The van der Waals surface area contributed by atoms with Gasteiger partial charge in [-0.3, -0.25) is 10.2 Å². The third-order valence-corrected chi connectivity index (χ3v) is 3.69. The third-order valence-electron chi connectivity index (χ3n) is 3.69. The van der Waals surface area contributed by atoms with Gasteiger partial charge in [-0.25, -0.2) is 5.43 Å². The Morgan fingerprint density at radius 3 is 2.50 bits per heavy atom. The molecule has 0 aliphatic carbocycles. The maximum atomic E-state index is 10.9. The van der Waals surface area contributed by atoms with E-state index in [4.69, 9.17) is 5.11 Å². The van der Waals surface area contributed by atoms with Gasteiger partial charge < -0.3 is 5.11 Å². The minimum absolute atomic E-state index is 0.0713. The highest BCUT2D eigenvalue weighted by Gasteiger charge is 2.35. The molecule has 1 heterocycles. The number of hydrogen-bond donors (Lipinski definition) is 3. The predicted octanol–water partition coefficient (Wildman–Crippen LogP) is 1.88. The summed E-state index contributed by atoms with van der Waals surface area (Å²) in [7, 11) is 0. The van der Waals surface area contributed by atoms with Crippen molar-refractivity contribution in [3.8, 4) is 0 Å². The highest BCUT2D eigenvalue weighted by molar-refractivity contribution is 5.67. The third kappa shape index (κ3) is 2.71. The quantitative estimate of drug-likeness (QED) is 0.761. The van der Waals surface area contributed by atoms with Crippen molar-refractivity contribution in [2.75, 3.05) is 0 Å². The second-order valence-electron chi connectivity index (χ2n) is 4.91. The number of aryl methyl sites for hydroxylation is 1. The van der Waals surface area contributed by atoms with Crippen LogP contribution >= 0.6 is 0 Å². The van der Waals surface area contributed by atoms with Crippen molar-refractivity contribution >= 4 is 5.97 Å². The fourth-order valence-corrected chi connectivity index (χ4v) is 2.51. The summed E-state index contributed by atoms with van der Waals surface area (Å²) in [6, 6.07) is 8.63. The Bertz CT molecular complexity index is 416. The lowest BCUT2D eigenvalue weighted by Crippen LogP contribution is -2.29. The molecule has 0 spiro atoms. The Labute approximate surface area is 107 Å². The van der Waals surface area contributed by atoms with Crippen molar-refractivity contribution in [1.82, 2.24) is 10.9 Å². The first-order chi connectivity index (χ1) is 8.61. The SMILES string of the molecule is CCc1ccc(C2NNC(C)C2CC(=O)O)cc1. The lowest BCUT2D eigenvalue weighted by Gasteiger charge is -2.19. The molecule has 4 heteroatoms. The van der Waals surface area contributed by atoms with Crippen LogP contribution in [-0.4, -0.2) is 17.1 Å². The van der Waals surface area contributed by atoms with E-state index in [1.807, 2.05) is 6.92 Å². The Hall–Kier alpha value is -1.39. The zero-order valence-electron chi connectivity index (χ0n) is 10.8. The summed E-state index contributed by atoms with van der Waals surface area (Å²) >= 11 is 0. The molecule has 18 heavy (non-hydrogen) atoms. The average molecular weight is 248 g/mol. The standard InChI is InChI=1S/C14H20N2O2/c1-3-10-4-6-11(7-5-10)14-12(8-13(17)18)9(2)15-16-14/h4-7,9,12,14-16H,3,8H2,1-2H3,(H,17,18). The summed E-state index contributed by atoms with van der Waals surface area (Å²) in [4.78, 5) is 10.9. The van der Waals surface area contributed by atoms with Gasteiger partial charge in [0.05, 0.1) is 12.5 Å². The van der Waals surface area contributed by atoms with Crippen LogP contribution in [0.15, 0.2) is 24.3 Å². The number of hydrazine groups is 1. The molecule has 1 aliphatic heterocycles. The molecule has 98 valence electrons. The monoisotopic (exact) mass is 248 g/mol. The Morgan fingerprint density at radius 2 is 1.94 bits per heavy atom. The molecule has 3 unspecified atom stereocenters. The zero-order chi connectivity index (χ0) is 13.1. The number of carboxylic acids is 1. The second kappa shape index (κ2) is 5.50. The Balaban J connectivity index is 2.17. The molecule has 4 nitrogen and oxygen atoms in total. The van der Waals surface area contributed by atoms with Gasteiger partial charge in [0.2, 0.25) is 0 Å². The van der Waals surface area contributed by atoms with Gasteiger partial charge in [0.25, 0.3) is 0 Å². The minimum atomic E-state index is -0.743. The zero-order valence-corrected chi connectivity index (χ0v) is 10.8. The van der Waals surface area contributed by atoms with Crippen molar-refractivity contribution in [3.05, 3.63) is 35.4 Å². The number of nitrogens with one attached hydrogen (secondary N) is 2. The molecule has 1 saturated heterocycles. The second-order valence-corrected chi connectivity index (χ2v) is 4.91. The fraction of sp³-hybridized carbons (Fsp3) is 0.500. The van der Waals surface area contributed by atoms with Gasteiger partial charge in [-0.15, -0.1) is 0 Å². The van der Waals surface area contributed by atoms with Gasteiger partial charge in [0, 0.05) is 12.0 Å². The first-order valence-corrected chi connectivity index (χ1v) is 6.43. The van der Waals surface area contributed by atoms with E-state index < -0.39 is 5.97 Å². The van der Waals surface area contributed by atoms with Crippen molar-refractivity contribution in [2.45, 2.75) is 38.8 Å². The lowest BCUT2D eigenvalue weighted by atomic mass is 9.87. The summed E-state index contributed by atoms with van der Waals surface area (Å²) < 4.78 is 0. The van der Waals surface area contributed by atoms with Crippen molar-refractivity contribution < 1.29 is 9.90 Å². The first kappa shape index (κ1) is 13.1. The molecule has 1 aromatic carbocycles. The van der Waals surface area contributed by atoms with Crippen molar-refractivity contribution in [2.24, 2.45) is 5.92 Å². The number of hydrogen-bond acceptors (Lipinski definition) is 3. The van der Waals surface area contributed by atoms with Gasteiger partial charge in [-0.2, -0.15) is 0 Å². The van der Waals surface area contributed by atoms with Crippen LogP contribution in [0, 0.1) is 5.92 Å². The molecule has 0 bridgehead atoms. The van der Waals surface area contributed by atoms with Crippen LogP contribution in [0.1, 0.15) is 37.4 Å². The molecule has 1 fully saturated rings. The molecule has 3 N–H and O–H groups in total. The molecule has 2 rings (SSSR count). The van der Waals surface area contributed by atoms with Crippen LogP contribution in [0.25, 0.3) is 0 Å². The maximum Gasteiger partial charge on any atom is 0.303 e. The lowest BCUT2D eigenvalue weighted by molar-refractivity contribution is -0.138. The highest BCUT2D eigenvalue weighted by atomic mass is 16.4. The van der Waals surface area contributed by atoms with Crippen LogP contribution in [-0.2, 0) is 11.2 Å². The Morgan fingerprint density at radius 1 is 1.28 bits per heavy atom. The van der Waals surface area contributed by atoms with E-state index in [-0.39, 0.29) is 24.4 Å². The van der Waals surface area contributed by atoms with Gasteiger partial charge >= 0.3 is 5.97 Å². The van der Waals surface area contributed by atoms with E-state index in [0.717, 1.165) is 12.0 Å². The van der Waals surface area contributed by atoms with Crippen LogP contribution < -0.4 is 10.9 Å². The largest absolute Gasteiger partial charge is 0.481 e. The van der Waals surface area contributed by atoms with E-state index in [0.29, 0.717) is 0 Å². The molecular weight excluding hydrogens is 228 g/mol. The van der Waals surface area contributed by atoms with E-state index in [9.17, 15) is 4.79 Å². The summed E-state index contributed by atoms with van der Waals surface area (Å²) in [5.74, 6) is -0.664.